The van der Waals surface area contributed by atoms with Gasteiger partial charge < -0.3 is 18.8 Å². The van der Waals surface area contributed by atoms with Crippen LogP contribution in [0, 0.1) is 0 Å². The zero-order valence-electron chi connectivity index (χ0n) is 17.2. The Morgan fingerprint density at radius 1 is 1.21 bits per heavy atom. The molecule has 2 aliphatic rings. The molecule has 1 fully saturated rings. The predicted molar refractivity (Wildman–Crippen MR) is 110 cm³/mol. The minimum absolute atomic E-state index is 0.0214. The van der Waals surface area contributed by atoms with Crippen LogP contribution in [0.15, 0.2) is 27.4 Å². The Morgan fingerprint density at radius 2 is 1.93 bits per heavy atom. The number of benzene rings is 1. The van der Waals surface area contributed by atoms with Crippen LogP contribution in [0.4, 0.5) is 0 Å². The van der Waals surface area contributed by atoms with Gasteiger partial charge in [0, 0.05) is 36.7 Å². The standard InChI is InChI=1S/C23H29NO5/c1-3-27-16-10-12-24(13-11-16)22(25)15(2)28-17-8-9-19-18-6-4-5-7-20(18)23(26)29-21(19)14-17/h8-9,14-16H,3-7,10-13H2,1-2H3. The molecule has 1 unspecified atom stereocenters. The van der Waals surface area contributed by atoms with Gasteiger partial charge in [0.25, 0.3) is 5.91 Å². The highest BCUT2D eigenvalue weighted by molar-refractivity contribution is 5.84. The zero-order chi connectivity index (χ0) is 20.4. The monoisotopic (exact) mass is 399 g/mol. The Balaban J connectivity index is 1.46. The number of likely N-dealkylation sites (tertiary alicyclic amines) is 1. The molecular weight excluding hydrogens is 370 g/mol. The van der Waals surface area contributed by atoms with Gasteiger partial charge in [0.15, 0.2) is 6.10 Å². The van der Waals surface area contributed by atoms with Gasteiger partial charge in [-0.3, -0.25) is 4.79 Å². The number of hydrogen-bond donors (Lipinski definition) is 0. The van der Waals surface area contributed by atoms with E-state index in [2.05, 4.69) is 0 Å². The quantitative estimate of drug-likeness (QED) is 0.720. The van der Waals surface area contributed by atoms with Gasteiger partial charge in [-0.05, 0) is 70.1 Å². The molecule has 156 valence electrons. The number of fused-ring (bicyclic) bond motifs is 3. The topological polar surface area (TPSA) is 69.0 Å². The molecule has 2 aromatic rings. The number of ether oxygens (including phenoxy) is 2. The fraction of sp³-hybridized carbons (Fsp3) is 0.565. The molecule has 4 rings (SSSR count). The van der Waals surface area contributed by atoms with E-state index in [0.29, 0.717) is 31.0 Å². The van der Waals surface area contributed by atoms with E-state index >= 15 is 0 Å². The molecule has 1 atom stereocenters. The van der Waals surface area contributed by atoms with Crippen molar-refractivity contribution in [3.63, 3.8) is 0 Å². The number of carbonyl (C=O) groups is 1. The van der Waals surface area contributed by atoms with Crippen molar-refractivity contribution >= 4 is 16.9 Å². The lowest BCUT2D eigenvalue weighted by atomic mass is 9.91. The highest BCUT2D eigenvalue weighted by atomic mass is 16.5. The van der Waals surface area contributed by atoms with Gasteiger partial charge in [0.05, 0.1) is 6.10 Å². The summed E-state index contributed by atoms with van der Waals surface area (Å²) in [5.74, 6) is 0.522. The van der Waals surface area contributed by atoms with Crippen LogP contribution in [0.3, 0.4) is 0 Å². The summed E-state index contributed by atoms with van der Waals surface area (Å²) in [5, 5.41) is 0.976. The summed E-state index contributed by atoms with van der Waals surface area (Å²) in [6, 6.07) is 5.54. The van der Waals surface area contributed by atoms with Gasteiger partial charge in [-0.2, -0.15) is 0 Å². The first-order valence-corrected chi connectivity index (χ1v) is 10.7. The third kappa shape index (κ3) is 4.17. The van der Waals surface area contributed by atoms with Crippen molar-refractivity contribution in [2.24, 2.45) is 0 Å². The molecule has 0 radical (unpaired) electrons. The summed E-state index contributed by atoms with van der Waals surface area (Å²) in [7, 11) is 0. The fourth-order valence-electron chi connectivity index (χ4n) is 4.49. The lowest BCUT2D eigenvalue weighted by Gasteiger charge is -2.33. The minimum Gasteiger partial charge on any atom is -0.481 e. The van der Waals surface area contributed by atoms with Crippen molar-refractivity contribution in [1.82, 2.24) is 4.90 Å². The van der Waals surface area contributed by atoms with Crippen LogP contribution >= 0.6 is 0 Å². The first kappa shape index (κ1) is 20.0. The molecule has 1 saturated heterocycles. The smallest absolute Gasteiger partial charge is 0.339 e. The van der Waals surface area contributed by atoms with E-state index in [0.717, 1.165) is 55.0 Å². The summed E-state index contributed by atoms with van der Waals surface area (Å²) in [6.07, 6.45) is 5.19. The summed E-state index contributed by atoms with van der Waals surface area (Å²) in [4.78, 5) is 26.9. The molecule has 2 heterocycles. The van der Waals surface area contributed by atoms with E-state index in [1.54, 1.807) is 13.0 Å². The van der Waals surface area contributed by atoms with Crippen LogP contribution in [-0.4, -0.2) is 42.7 Å². The molecule has 6 heteroatoms. The second-order valence-corrected chi connectivity index (χ2v) is 7.95. The average molecular weight is 399 g/mol. The largest absolute Gasteiger partial charge is 0.481 e. The number of nitrogens with zero attached hydrogens (tertiary/aromatic N) is 1. The summed E-state index contributed by atoms with van der Waals surface area (Å²) in [5.41, 5.74) is 2.21. The Hall–Kier alpha value is -2.34. The number of rotatable bonds is 5. The fourth-order valence-corrected chi connectivity index (χ4v) is 4.49. The third-order valence-electron chi connectivity index (χ3n) is 6.01. The van der Waals surface area contributed by atoms with E-state index < -0.39 is 6.10 Å². The lowest BCUT2D eigenvalue weighted by Crippen LogP contribution is -2.46. The number of aryl methyl sites for hydroxylation is 1. The van der Waals surface area contributed by atoms with Crippen LogP contribution in [0.2, 0.25) is 0 Å². The van der Waals surface area contributed by atoms with Gasteiger partial charge in [-0.25, -0.2) is 4.79 Å². The number of piperidine rings is 1. The number of carbonyl (C=O) groups excluding carboxylic acids is 1. The maximum Gasteiger partial charge on any atom is 0.339 e. The van der Waals surface area contributed by atoms with E-state index in [-0.39, 0.29) is 17.6 Å². The molecule has 1 aliphatic heterocycles. The maximum absolute atomic E-state index is 12.8. The van der Waals surface area contributed by atoms with Gasteiger partial charge >= 0.3 is 5.63 Å². The third-order valence-corrected chi connectivity index (χ3v) is 6.01. The Bertz CT molecular complexity index is 942. The molecular formula is C23H29NO5. The summed E-state index contributed by atoms with van der Waals surface area (Å²) in [6.45, 7) is 5.85. The second kappa shape index (κ2) is 8.57. The van der Waals surface area contributed by atoms with Gasteiger partial charge in [0.1, 0.15) is 11.3 Å². The number of hydrogen-bond acceptors (Lipinski definition) is 5. The van der Waals surface area contributed by atoms with E-state index in [9.17, 15) is 9.59 Å². The van der Waals surface area contributed by atoms with Crippen LogP contribution in [-0.2, 0) is 22.4 Å². The molecule has 1 amide bonds. The molecule has 0 spiro atoms. The van der Waals surface area contributed by atoms with Crippen molar-refractivity contribution < 1.29 is 18.7 Å². The Labute approximate surface area is 170 Å². The normalized spacial score (nSPS) is 18.5. The Kier molecular flexibility index (Phi) is 5.90. The van der Waals surface area contributed by atoms with Gasteiger partial charge in [0.2, 0.25) is 0 Å². The van der Waals surface area contributed by atoms with Crippen LogP contribution in [0.25, 0.3) is 11.0 Å². The molecule has 1 aliphatic carbocycles. The molecule has 0 N–H and O–H groups in total. The summed E-state index contributed by atoms with van der Waals surface area (Å²) >= 11 is 0. The lowest BCUT2D eigenvalue weighted by molar-refractivity contribution is -0.140. The first-order valence-electron chi connectivity index (χ1n) is 10.7. The molecule has 29 heavy (non-hydrogen) atoms. The zero-order valence-corrected chi connectivity index (χ0v) is 17.2. The van der Waals surface area contributed by atoms with E-state index in [1.165, 1.54) is 0 Å². The minimum atomic E-state index is -0.597. The van der Waals surface area contributed by atoms with Crippen LogP contribution in [0.5, 0.6) is 5.75 Å². The SMILES string of the molecule is CCOC1CCN(C(=O)C(C)Oc2ccc3c4c(c(=O)oc3c2)CCCC4)CC1. The second-order valence-electron chi connectivity index (χ2n) is 7.95. The van der Waals surface area contributed by atoms with Crippen LogP contribution < -0.4 is 10.4 Å². The van der Waals surface area contributed by atoms with E-state index in [4.69, 9.17) is 13.9 Å². The molecule has 1 aromatic carbocycles. The highest BCUT2D eigenvalue weighted by Crippen LogP contribution is 2.29. The van der Waals surface area contributed by atoms with Gasteiger partial charge in [-0.15, -0.1) is 0 Å². The predicted octanol–water partition coefficient (Wildman–Crippen LogP) is 3.47. The van der Waals surface area contributed by atoms with Crippen molar-refractivity contribution in [2.75, 3.05) is 19.7 Å². The molecule has 6 nitrogen and oxygen atoms in total. The first-order chi connectivity index (χ1) is 14.1. The molecule has 0 bridgehead atoms. The van der Waals surface area contributed by atoms with Crippen LogP contribution in [0.1, 0.15) is 50.7 Å². The Morgan fingerprint density at radius 3 is 2.66 bits per heavy atom. The van der Waals surface area contributed by atoms with Crippen molar-refractivity contribution in [2.45, 2.75) is 64.6 Å². The molecule has 0 saturated carbocycles. The summed E-state index contributed by atoms with van der Waals surface area (Å²) < 4.78 is 17.1. The number of amides is 1. The van der Waals surface area contributed by atoms with Crippen molar-refractivity contribution in [1.29, 1.82) is 0 Å². The molecule has 1 aromatic heterocycles. The van der Waals surface area contributed by atoms with Gasteiger partial charge in [-0.1, -0.05) is 0 Å². The van der Waals surface area contributed by atoms with Crippen molar-refractivity contribution in [3.05, 3.63) is 39.7 Å². The van der Waals surface area contributed by atoms with E-state index in [1.807, 2.05) is 24.0 Å². The maximum atomic E-state index is 12.8. The highest BCUT2D eigenvalue weighted by Gasteiger charge is 2.27. The van der Waals surface area contributed by atoms with Crippen molar-refractivity contribution in [3.8, 4) is 5.75 Å². The average Bonchev–Trinajstić information content (AvgIpc) is 2.74.